The summed E-state index contributed by atoms with van der Waals surface area (Å²) in [6.07, 6.45) is -4.56. The highest BCUT2D eigenvalue weighted by Crippen LogP contribution is 2.23. The molecule has 6 heteroatoms. The van der Waals surface area contributed by atoms with E-state index in [2.05, 4.69) is 20.9 Å². The summed E-state index contributed by atoms with van der Waals surface area (Å²) in [5.74, 6) is -0.590. The van der Waals surface area contributed by atoms with E-state index >= 15 is 0 Å². The fourth-order valence-electron chi connectivity index (χ4n) is 1.08. The van der Waals surface area contributed by atoms with Crippen molar-refractivity contribution in [2.75, 3.05) is 0 Å². The van der Waals surface area contributed by atoms with Crippen LogP contribution < -0.4 is 0 Å². The van der Waals surface area contributed by atoms with Crippen molar-refractivity contribution in [3.05, 3.63) is 28.0 Å². The third kappa shape index (κ3) is 3.92. The minimum absolute atomic E-state index is 0.0740. The Labute approximate surface area is 99.0 Å². The molecule has 1 heterocycles. The van der Waals surface area contributed by atoms with Crippen LogP contribution in [0.1, 0.15) is 28.9 Å². The van der Waals surface area contributed by atoms with Crippen molar-refractivity contribution in [3.63, 3.8) is 0 Å². The number of hydrogen-bond acceptors (Lipinski definition) is 2. The van der Waals surface area contributed by atoms with Crippen molar-refractivity contribution in [1.29, 1.82) is 0 Å². The molecule has 0 saturated heterocycles. The molecule has 0 unspecified atom stereocenters. The molecule has 0 saturated carbocycles. The van der Waals surface area contributed by atoms with Gasteiger partial charge in [0, 0.05) is 17.1 Å². The van der Waals surface area contributed by atoms with E-state index in [1.807, 2.05) is 0 Å². The number of aromatic nitrogens is 1. The van der Waals surface area contributed by atoms with Gasteiger partial charge in [0.15, 0.2) is 5.78 Å². The molecule has 0 aliphatic heterocycles. The van der Waals surface area contributed by atoms with Crippen molar-refractivity contribution in [2.45, 2.75) is 25.9 Å². The maximum Gasteiger partial charge on any atom is 0.389 e. The van der Waals surface area contributed by atoms with E-state index in [0.717, 1.165) is 10.0 Å². The summed E-state index contributed by atoms with van der Waals surface area (Å²) >= 11 is 3.20. The second-order valence-corrected chi connectivity index (χ2v) is 4.21. The Morgan fingerprint density at radius 1 is 1.50 bits per heavy atom. The Morgan fingerprint density at radius 3 is 2.62 bits per heavy atom. The first-order chi connectivity index (χ1) is 7.29. The number of Topliss-reactive ketones (excluding diaryl/α,β-unsaturated/α-hetero) is 1. The molecule has 0 aromatic carbocycles. The number of carbonyl (C=O) groups excluding carboxylic acids is 1. The van der Waals surface area contributed by atoms with Crippen LogP contribution in [0, 0.1) is 6.92 Å². The van der Waals surface area contributed by atoms with E-state index in [1.54, 1.807) is 6.92 Å². The van der Waals surface area contributed by atoms with Gasteiger partial charge < -0.3 is 0 Å². The standard InChI is InChI=1S/C10H9BrF3NO/c1-6-4-8(15-5-7(6)11)9(16)2-3-10(12,13)14/h4-5H,2-3H2,1H3. The summed E-state index contributed by atoms with van der Waals surface area (Å²) in [4.78, 5) is 15.2. The van der Waals surface area contributed by atoms with E-state index in [9.17, 15) is 18.0 Å². The van der Waals surface area contributed by atoms with Gasteiger partial charge in [-0.15, -0.1) is 0 Å². The summed E-state index contributed by atoms with van der Waals surface area (Å²) in [7, 11) is 0. The van der Waals surface area contributed by atoms with E-state index in [0.29, 0.717) is 0 Å². The van der Waals surface area contributed by atoms with E-state index in [4.69, 9.17) is 0 Å². The molecule has 0 fully saturated rings. The summed E-state index contributed by atoms with van der Waals surface area (Å²) in [5.41, 5.74) is 0.843. The average molecular weight is 296 g/mol. The molecule has 2 nitrogen and oxygen atoms in total. The SMILES string of the molecule is Cc1cc(C(=O)CCC(F)(F)F)ncc1Br. The lowest BCUT2D eigenvalue weighted by molar-refractivity contribution is -0.133. The summed E-state index contributed by atoms with van der Waals surface area (Å²) in [6, 6.07) is 1.47. The molecular weight excluding hydrogens is 287 g/mol. The van der Waals surface area contributed by atoms with Gasteiger partial charge in [0.05, 0.1) is 6.42 Å². The molecule has 0 bridgehead atoms. The van der Waals surface area contributed by atoms with Crippen LogP contribution in [0.15, 0.2) is 16.7 Å². The number of nitrogens with zero attached hydrogens (tertiary/aromatic N) is 1. The first kappa shape index (κ1) is 13.2. The van der Waals surface area contributed by atoms with Gasteiger partial charge in [-0.25, -0.2) is 0 Å². The van der Waals surface area contributed by atoms with Gasteiger partial charge in [0.2, 0.25) is 0 Å². The van der Waals surface area contributed by atoms with Gasteiger partial charge in [-0.2, -0.15) is 13.2 Å². The number of ketones is 1. The Kier molecular flexibility index (Phi) is 4.07. The summed E-state index contributed by atoms with van der Waals surface area (Å²) in [6.45, 7) is 1.74. The molecule has 0 radical (unpaired) electrons. The molecule has 0 spiro atoms. The van der Waals surface area contributed by atoms with Gasteiger partial charge in [-0.05, 0) is 34.5 Å². The number of carbonyl (C=O) groups is 1. The first-order valence-corrected chi connectivity index (χ1v) is 5.31. The maximum absolute atomic E-state index is 11.9. The monoisotopic (exact) mass is 295 g/mol. The molecule has 0 aliphatic carbocycles. The zero-order valence-corrected chi connectivity index (χ0v) is 10.0. The van der Waals surface area contributed by atoms with Crippen LogP contribution in [0.4, 0.5) is 13.2 Å². The smallest absolute Gasteiger partial charge is 0.292 e. The Bertz CT molecular complexity index is 404. The van der Waals surface area contributed by atoms with Crippen molar-refractivity contribution in [3.8, 4) is 0 Å². The number of rotatable bonds is 3. The predicted octanol–water partition coefficient (Wildman–Crippen LogP) is 3.68. The molecule has 0 amide bonds. The Morgan fingerprint density at radius 2 is 2.12 bits per heavy atom. The fourth-order valence-corrected chi connectivity index (χ4v) is 1.29. The van der Waals surface area contributed by atoms with Gasteiger partial charge in [-0.3, -0.25) is 9.78 Å². The van der Waals surface area contributed by atoms with Gasteiger partial charge in [-0.1, -0.05) is 0 Å². The van der Waals surface area contributed by atoms with E-state index < -0.39 is 24.8 Å². The Hall–Kier alpha value is -0.910. The maximum atomic E-state index is 11.9. The minimum atomic E-state index is -4.31. The lowest BCUT2D eigenvalue weighted by Crippen LogP contribution is -2.11. The van der Waals surface area contributed by atoms with Crippen molar-refractivity contribution >= 4 is 21.7 Å². The van der Waals surface area contributed by atoms with Crippen molar-refractivity contribution in [2.24, 2.45) is 0 Å². The number of alkyl halides is 3. The molecule has 1 aromatic rings. The third-order valence-electron chi connectivity index (χ3n) is 1.97. The molecular formula is C10H9BrF3NO. The quantitative estimate of drug-likeness (QED) is 0.796. The highest BCUT2D eigenvalue weighted by atomic mass is 79.9. The highest BCUT2D eigenvalue weighted by Gasteiger charge is 2.28. The van der Waals surface area contributed by atoms with Gasteiger partial charge >= 0.3 is 6.18 Å². The molecule has 1 aromatic heterocycles. The van der Waals surface area contributed by atoms with Crippen molar-refractivity contribution < 1.29 is 18.0 Å². The number of pyridine rings is 1. The zero-order chi connectivity index (χ0) is 12.3. The van der Waals surface area contributed by atoms with E-state index in [1.165, 1.54) is 12.3 Å². The Balaban J connectivity index is 2.70. The predicted molar refractivity (Wildman–Crippen MR) is 56.3 cm³/mol. The van der Waals surface area contributed by atoms with Crippen LogP contribution >= 0.6 is 15.9 Å². The van der Waals surface area contributed by atoms with Gasteiger partial charge in [0.1, 0.15) is 5.69 Å². The molecule has 0 aliphatic rings. The van der Waals surface area contributed by atoms with Crippen LogP contribution in [-0.2, 0) is 0 Å². The summed E-state index contributed by atoms with van der Waals surface area (Å²) in [5, 5.41) is 0. The topological polar surface area (TPSA) is 30.0 Å². The first-order valence-electron chi connectivity index (χ1n) is 4.51. The molecule has 0 N–H and O–H groups in total. The van der Waals surface area contributed by atoms with Crippen LogP contribution in [-0.4, -0.2) is 16.9 Å². The normalized spacial score (nSPS) is 11.6. The number of aryl methyl sites for hydroxylation is 1. The van der Waals surface area contributed by atoms with E-state index in [-0.39, 0.29) is 5.69 Å². The summed E-state index contributed by atoms with van der Waals surface area (Å²) < 4.78 is 36.4. The van der Waals surface area contributed by atoms with Gasteiger partial charge in [0.25, 0.3) is 0 Å². The van der Waals surface area contributed by atoms with Crippen LogP contribution in [0.2, 0.25) is 0 Å². The second kappa shape index (κ2) is 4.95. The van der Waals surface area contributed by atoms with Crippen molar-refractivity contribution in [1.82, 2.24) is 4.98 Å². The molecule has 88 valence electrons. The molecule has 1 rings (SSSR count). The lowest BCUT2D eigenvalue weighted by Gasteiger charge is -2.05. The molecule has 16 heavy (non-hydrogen) atoms. The zero-order valence-electron chi connectivity index (χ0n) is 8.44. The number of hydrogen-bond donors (Lipinski definition) is 0. The highest BCUT2D eigenvalue weighted by molar-refractivity contribution is 9.10. The second-order valence-electron chi connectivity index (χ2n) is 3.36. The third-order valence-corrected chi connectivity index (χ3v) is 2.80. The average Bonchev–Trinajstić information content (AvgIpc) is 2.17. The van der Waals surface area contributed by atoms with Crippen LogP contribution in [0.3, 0.4) is 0 Å². The fraction of sp³-hybridized carbons (Fsp3) is 0.400. The number of halogens is 4. The minimum Gasteiger partial charge on any atom is -0.292 e. The largest absolute Gasteiger partial charge is 0.389 e. The lowest BCUT2D eigenvalue weighted by atomic mass is 10.1. The van der Waals surface area contributed by atoms with Crippen LogP contribution in [0.25, 0.3) is 0 Å². The van der Waals surface area contributed by atoms with Crippen LogP contribution in [0.5, 0.6) is 0 Å². The molecule has 0 atom stereocenters.